The van der Waals surface area contributed by atoms with E-state index in [4.69, 9.17) is 0 Å². The number of fused-ring (bicyclic) bond motifs is 1. The van der Waals surface area contributed by atoms with E-state index in [2.05, 4.69) is 24.8 Å². The fourth-order valence-electron chi connectivity index (χ4n) is 4.16. The standard InChI is InChI=1S/C23H28N6O5S3/c1-13(2)8-9-29-22(31)19(21(30)20(26-29)17-11-24-12-35-17)23(3)25-16-7-4-14(10-18(16)36(32)28-23)27-37(33,34)15-5-6-15/h4,7,10-13,15,25,27-28,30H,5-6,8-9H2,1-3H3. The Kier molecular flexibility index (Phi) is 6.63. The van der Waals surface area contributed by atoms with Gasteiger partial charge in [0.25, 0.3) is 5.56 Å². The first-order valence-corrected chi connectivity index (χ1v) is 15.4. The van der Waals surface area contributed by atoms with Crippen molar-refractivity contribution in [2.75, 3.05) is 10.0 Å². The van der Waals surface area contributed by atoms with Gasteiger partial charge in [-0.15, -0.1) is 11.3 Å². The number of aryl methyl sites for hydroxylation is 1. The highest BCUT2D eigenvalue weighted by Crippen LogP contribution is 2.40. The number of rotatable bonds is 8. The molecule has 1 saturated carbocycles. The lowest BCUT2D eigenvalue weighted by Crippen LogP contribution is -2.53. The molecule has 1 aromatic carbocycles. The van der Waals surface area contributed by atoms with Gasteiger partial charge in [-0.05, 0) is 50.3 Å². The summed E-state index contributed by atoms with van der Waals surface area (Å²) >= 11 is 1.28. The van der Waals surface area contributed by atoms with Crippen LogP contribution >= 0.6 is 11.3 Å². The van der Waals surface area contributed by atoms with Crippen molar-refractivity contribution in [2.45, 2.75) is 62.4 Å². The van der Waals surface area contributed by atoms with Crippen LogP contribution in [0.5, 0.6) is 5.75 Å². The monoisotopic (exact) mass is 564 g/mol. The molecule has 4 N–H and O–H groups in total. The molecule has 2 unspecified atom stereocenters. The van der Waals surface area contributed by atoms with E-state index < -0.39 is 37.5 Å². The Morgan fingerprint density at radius 1 is 1.35 bits per heavy atom. The fourth-order valence-corrected chi connectivity index (χ4v) is 7.33. The first kappa shape index (κ1) is 25.8. The zero-order valence-corrected chi connectivity index (χ0v) is 23.0. The number of anilines is 2. The lowest BCUT2D eigenvalue weighted by molar-refractivity contribution is 0.401. The maximum atomic E-state index is 13.6. The fraction of sp³-hybridized carbons (Fsp3) is 0.435. The third-order valence-electron chi connectivity index (χ3n) is 6.30. The average molecular weight is 565 g/mol. The van der Waals surface area contributed by atoms with Gasteiger partial charge in [0.2, 0.25) is 10.0 Å². The van der Waals surface area contributed by atoms with Crippen molar-refractivity contribution in [1.82, 2.24) is 19.5 Å². The SMILES string of the molecule is CC(C)CCn1nc(-c2cncs2)c(O)c(C2(C)Nc3ccc(NS(=O)(=O)C4CC4)cc3S(=O)N2)c1=O. The summed E-state index contributed by atoms with van der Waals surface area (Å²) in [5.41, 5.74) is 0.621. The van der Waals surface area contributed by atoms with E-state index in [0.717, 1.165) is 0 Å². The second kappa shape index (κ2) is 9.49. The Bertz CT molecular complexity index is 1530. The highest BCUT2D eigenvalue weighted by Gasteiger charge is 2.41. The smallest absolute Gasteiger partial charge is 0.277 e. The normalized spacial score (nSPS) is 21.5. The Morgan fingerprint density at radius 2 is 2.11 bits per heavy atom. The summed E-state index contributed by atoms with van der Waals surface area (Å²) in [6, 6.07) is 4.68. The highest BCUT2D eigenvalue weighted by atomic mass is 32.2. The Balaban J connectivity index is 1.56. The number of nitrogens with one attached hydrogen (secondary N) is 3. The van der Waals surface area contributed by atoms with Crippen molar-refractivity contribution in [2.24, 2.45) is 5.92 Å². The number of aromatic hydroxyl groups is 1. The molecule has 37 heavy (non-hydrogen) atoms. The molecule has 1 fully saturated rings. The second-order valence-corrected chi connectivity index (χ2v) is 13.9. The number of hydrogen-bond acceptors (Lipinski definition) is 9. The molecule has 1 aliphatic carbocycles. The van der Waals surface area contributed by atoms with Gasteiger partial charge in [0.15, 0.2) is 5.75 Å². The van der Waals surface area contributed by atoms with E-state index in [-0.39, 0.29) is 17.0 Å². The van der Waals surface area contributed by atoms with Crippen LogP contribution in [-0.4, -0.2) is 37.7 Å². The summed E-state index contributed by atoms with van der Waals surface area (Å²) in [5, 5.41) is 18.5. The summed E-state index contributed by atoms with van der Waals surface area (Å²) in [5.74, 6) is -0.00273. The molecule has 2 atom stereocenters. The zero-order valence-electron chi connectivity index (χ0n) is 20.5. The van der Waals surface area contributed by atoms with E-state index in [1.54, 1.807) is 30.8 Å². The second-order valence-electron chi connectivity index (χ2n) is 9.83. The van der Waals surface area contributed by atoms with E-state index in [1.807, 2.05) is 13.8 Å². The van der Waals surface area contributed by atoms with Crippen molar-refractivity contribution in [3.05, 3.63) is 45.8 Å². The van der Waals surface area contributed by atoms with Gasteiger partial charge < -0.3 is 10.4 Å². The predicted octanol–water partition coefficient (Wildman–Crippen LogP) is 2.93. The molecule has 3 heterocycles. The summed E-state index contributed by atoms with van der Waals surface area (Å²) in [6.45, 7) is 6.05. The molecule has 198 valence electrons. The van der Waals surface area contributed by atoms with Crippen LogP contribution in [0.15, 0.2) is 39.6 Å². The van der Waals surface area contributed by atoms with E-state index in [1.165, 1.54) is 22.1 Å². The van der Waals surface area contributed by atoms with Gasteiger partial charge in [0.05, 0.1) is 26.2 Å². The molecular weight excluding hydrogens is 536 g/mol. The van der Waals surface area contributed by atoms with Crippen molar-refractivity contribution in [1.29, 1.82) is 0 Å². The molecule has 1 aliphatic heterocycles. The van der Waals surface area contributed by atoms with Crippen molar-refractivity contribution in [3.8, 4) is 16.3 Å². The number of benzene rings is 1. The van der Waals surface area contributed by atoms with Crippen LogP contribution in [0.2, 0.25) is 0 Å². The van der Waals surface area contributed by atoms with Crippen molar-refractivity contribution >= 4 is 43.7 Å². The minimum Gasteiger partial charge on any atom is -0.505 e. The van der Waals surface area contributed by atoms with E-state index in [0.29, 0.717) is 52.9 Å². The summed E-state index contributed by atoms with van der Waals surface area (Å²) < 4.78 is 44.8. The molecule has 0 spiro atoms. The van der Waals surface area contributed by atoms with Crippen LogP contribution in [0.1, 0.15) is 45.6 Å². The molecule has 3 aromatic rings. The number of aromatic nitrogens is 3. The molecule has 0 bridgehead atoms. The van der Waals surface area contributed by atoms with Crippen LogP contribution in [0, 0.1) is 5.92 Å². The number of nitrogens with zero attached hydrogens (tertiary/aromatic N) is 3. The minimum absolute atomic E-state index is 0.0211. The highest BCUT2D eigenvalue weighted by molar-refractivity contribution is 7.93. The lowest BCUT2D eigenvalue weighted by Gasteiger charge is -2.37. The van der Waals surface area contributed by atoms with Gasteiger partial charge in [-0.25, -0.2) is 22.0 Å². The Labute approximate surface area is 221 Å². The first-order chi connectivity index (χ1) is 17.5. The molecule has 5 rings (SSSR count). The maximum Gasteiger partial charge on any atom is 0.277 e. The van der Waals surface area contributed by atoms with Crippen LogP contribution in [0.4, 0.5) is 11.4 Å². The molecule has 2 aliphatic rings. The molecule has 2 aromatic heterocycles. The molecule has 0 radical (unpaired) electrons. The zero-order chi connectivity index (χ0) is 26.5. The molecular formula is C23H28N6O5S3. The minimum atomic E-state index is -3.48. The van der Waals surface area contributed by atoms with Crippen LogP contribution in [0.25, 0.3) is 10.6 Å². The van der Waals surface area contributed by atoms with E-state index >= 15 is 0 Å². The van der Waals surface area contributed by atoms with E-state index in [9.17, 15) is 22.5 Å². The molecule has 11 nitrogen and oxygen atoms in total. The van der Waals surface area contributed by atoms with Gasteiger partial charge in [-0.3, -0.25) is 14.5 Å². The molecule has 0 saturated heterocycles. The van der Waals surface area contributed by atoms with Crippen LogP contribution in [-0.2, 0) is 33.2 Å². The van der Waals surface area contributed by atoms with Crippen molar-refractivity contribution in [3.63, 3.8) is 0 Å². The first-order valence-electron chi connectivity index (χ1n) is 11.9. The topological polar surface area (TPSA) is 155 Å². The summed E-state index contributed by atoms with van der Waals surface area (Å²) in [7, 11) is -5.32. The Morgan fingerprint density at radius 3 is 2.76 bits per heavy atom. The third kappa shape index (κ3) is 5.02. The molecule has 14 heteroatoms. The number of hydrogen-bond donors (Lipinski definition) is 4. The van der Waals surface area contributed by atoms with Crippen molar-refractivity contribution < 1.29 is 17.7 Å². The van der Waals surface area contributed by atoms with Gasteiger partial charge >= 0.3 is 0 Å². The maximum absolute atomic E-state index is 13.6. The molecule has 0 amide bonds. The third-order valence-corrected chi connectivity index (χ3v) is 10.3. The van der Waals surface area contributed by atoms with Gasteiger partial charge in [-0.1, -0.05) is 13.8 Å². The van der Waals surface area contributed by atoms with Gasteiger partial charge in [-0.2, -0.15) is 5.10 Å². The Hall–Kier alpha value is -2.81. The largest absolute Gasteiger partial charge is 0.505 e. The average Bonchev–Trinajstić information content (AvgIpc) is 3.55. The van der Waals surface area contributed by atoms with Crippen LogP contribution in [0.3, 0.4) is 0 Å². The lowest BCUT2D eigenvalue weighted by atomic mass is 10.0. The van der Waals surface area contributed by atoms with Crippen LogP contribution < -0.4 is 20.3 Å². The van der Waals surface area contributed by atoms with Gasteiger partial charge in [0.1, 0.15) is 27.9 Å². The summed E-state index contributed by atoms with van der Waals surface area (Å²) in [6.07, 6.45) is 3.52. The quantitative estimate of drug-likeness (QED) is 0.326. The number of thiazole rings is 1. The number of sulfonamides is 1. The van der Waals surface area contributed by atoms with Gasteiger partial charge in [0, 0.05) is 18.4 Å². The summed E-state index contributed by atoms with van der Waals surface area (Å²) in [4.78, 5) is 18.6. The predicted molar refractivity (Wildman–Crippen MR) is 143 cm³/mol.